The van der Waals surface area contributed by atoms with E-state index in [1.165, 1.54) is 6.08 Å². The molecule has 0 unspecified atom stereocenters. The Morgan fingerprint density at radius 2 is 1.69 bits per heavy atom. The molecule has 8 heteroatoms. The van der Waals surface area contributed by atoms with E-state index in [1.807, 2.05) is 48.0 Å². The van der Waals surface area contributed by atoms with Crippen molar-refractivity contribution in [2.45, 2.75) is 13.5 Å². The molecule has 3 aromatic carbocycles. The summed E-state index contributed by atoms with van der Waals surface area (Å²) in [6.45, 7) is 2.37. The Balaban J connectivity index is 1.57. The Morgan fingerprint density at radius 3 is 2.43 bits per heavy atom. The van der Waals surface area contributed by atoms with Crippen LogP contribution < -0.4 is 10.2 Å². The number of anilines is 1. The molecular weight excluding hydrogens is 485 g/mol. The third-order valence-corrected chi connectivity index (χ3v) is 6.46. The highest BCUT2D eigenvalue weighted by Gasteiger charge is 2.37. The zero-order chi connectivity index (χ0) is 24.7. The highest BCUT2D eigenvalue weighted by Crippen LogP contribution is 2.29. The average molecular weight is 504 g/mol. The molecule has 1 aromatic heterocycles. The van der Waals surface area contributed by atoms with Crippen LogP contribution in [0, 0.1) is 6.92 Å². The molecule has 5 rings (SSSR count). The molecule has 6 nitrogen and oxygen atoms in total. The Hall–Kier alpha value is -3.87. The van der Waals surface area contributed by atoms with Gasteiger partial charge in [0.25, 0.3) is 11.8 Å². The SMILES string of the molecule is Cc1ccc(N2C(=O)NC(=O)/C(=C\c3cn(Cc4ccc(Cl)cc4Cl)c4ccccc34)C2=O)cc1. The number of para-hydroxylation sites is 1. The lowest BCUT2D eigenvalue weighted by molar-refractivity contribution is -0.122. The van der Waals surface area contributed by atoms with Gasteiger partial charge < -0.3 is 4.57 Å². The molecule has 2 heterocycles. The molecule has 0 spiro atoms. The van der Waals surface area contributed by atoms with E-state index in [2.05, 4.69) is 5.32 Å². The number of nitrogens with one attached hydrogen (secondary N) is 1. The summed E-state index contributed by atoms with van der Waals surface area (Å²) in [4.78, 5) is 39.4. The van der Waals surface area contributed by atoms with Crippen LogP contribution in [0.2, 0.25) is 10.0 Å². The monoisotopic (exact) mass is 503 g/mol. The van der Waals surface area contributed by atoms with Crippen molar-refractivity contribution in [1.29, 1.82) is 0 Å². The minimum absolute atomic E-state index is 0.127. The fraction of sp³-hybridized carbons (Fsp3) is 0.0741. The number of nitrogens with zero attached hydrogens (tertiary/aromatic N) is 2. The van der Waals surface area contributed by atoms with Crippen LogP contribution in [0.15, 0.2) is 78.5 Å². The van der Waals surface area contributed by atoms with Gasteiger partial charge in [0.2, 0.25) is 0 Å². The first kappa shape index (κ1) is 22.9. The minimum atomic E-state index is -0.777. The van der Waals surface area contributed by atoms with Crippen LogP contribution in [0.1, 0.15) is 16.7 Å². The Kier molecular flexibility index (Phi) is 5.93. The number of amides is 4. The van der Waals surface area contributed by atoms with E-state index in [9.17, 15) is 14.4 Å². The van der Waals surface area contributed by atoms with Gasteiger partial charge in [0, 0.05) is 39.3 Å². The number of rotatable bonds is 4. The maximum atomic E-state index is 13.3. The summed E-state index contributed by atoms with van der Waals surface area (Å²) in [5, 5.41) is 4.22. The summed E-state index contributed by atoms with van der Waals surface area (Å²) in [6.07, 6.45) is 3.38. The van der Waals surface area contributed by atoms with Crippen molar-refractivity contribution in [3.8, 4) is 0 Å². The van der Waals surface area contributed by atoms with Gasteiger partial charge in [-0.1, -0.05) is 65.2 Å². The van der Waals surface area contributed by atoms with E-state index >= 15 is 0 Å². The van der Waals surface area contributed by atoms with Crippen LogP contribution >= 0.6 is 23.2 Å². The highest BCUT2D eigenvalue weighted by atomic mass is 35.5. The van der Waals surface area contributed by atoms with E-state index < -0.39 is 17.8 Å². The van der Waals surface area contributed by atoms with Crippen molar-refractivity contribution in [3.05, 3.63) is 105 Å². The van der Waals surface area contributed by atoms with Crippen LogP contribution in [0.3, 0.4) is 0 Å². The number of aryl methyl sites for hydroxylation is 1. The third-order valence-electron chi connectivity index (χ3n) is 5.87. The number of fused-ring (bicyclic) bond motifs is 1. The molecule has 1 saturated heterocycles. The molecular formula is C27H19Cl2N3O3. The number of aromatic nitrogens is 1. The highest BCUT2D eigenvalue weighted by molar-refractivity contribution is 6.39. The first-order valence-electron chi connectivity index (χ1n) is 10.8. The molecule has 1 N–H and O–H groups in total. The zero-order valence-corrected chi connectivity index (χ0v) is 20.1. The number of hydrogen-bond donors (Lipinski definition) is 1. The van der Waals surface area contributed by atoms with Crippen LogP contribution in [0.25, 0.3) is 17.0 Å². The van der Waals surface area contributed by atoms with Crippen LogP contribution in [0.5, 0.6) is 0 Å². The predicted octanol–water partition coefficient (Wildman–Crippen LogP) is 5.97. The van der Waals surface area contributed by atoms with Crippen molar-refractivity contribution in [1.82, 2.24) is 9.88 Å². The molecule has 0 radical (unpaired) electrons. The Labute approximate surface area is 211 Å². The molecule has 0 aliphatic carbocycles. The largest absolute Gasteiger partial charge is 0.342 e. The number of carbonyl (C=O) groups is 3. The summed E-state index contributed by atoms with van der Waals surface area (Å²) in [6, 6.07) is 19.1. The molecule has 0 atom stereocenters. The Bertz CT molecular complexity index is 1540. The van der Waals surface area contributed by atoms with Gasteiger partial charge in [-0.3, -0.25) is 14.9 Å². The summed E-state index contributed by atoms with van der Waals surface area (Å²) in [5.41, 5.74) is 3.69. The van der Waals surface area contributed by atoms with Crippen molar-refractivity contribution in [2.75, 3.05) is 4.90 Å². The minimum Gasteiger partial charge on any atom is -0.342 e. The van der Waals surface area contributed by atoms with Gasteiger partial charge in [-0.05, 0) is 48.9 Å². The molecule has 0 saturated carbocycles. The summed E-state index contributed by atoms with van der Waals surface area (Å²) < 4.78 is 1.99. The quantitative estimate of drug-likeness (QED) is 0.275. The molecule has 174 valence electrons. The number of halogens is 2. The molecule has 4 aromatic rings. The van der Waals surface area contributed by atoms with Gasteiger partial charge in [-0.25, -0.2) is 9.69 Å². The summed E-state index contributed by atoms with van der Waals surface area (Å²) in [5.74, 6) is -1.42. The third kappa shape index (κ3) is 4.34. The van der Waals surface area contributed by atoms with Gasteiger partial charge in [0.1, 0.15) is 5.57 Å². The van der Waals surface area contributed by atoms with Crippen molar-refractivity contribution in [2.24, 2.45) is 0 Å². The molecule has 1 aliphatic heterocycles. The van der Waals surface area contributed by atoms with Crippen molar-refractivity contribution >= 4 is 63.7 Å². The first-order valence-corrected chi connectivity index (χ1v) is 11.6. The molecule has 1 aliphatic rings. The number of hydrogen-bond acceptors (Lipinski definition) is 3. The van der Waals surface area contributed by atoms with Crippen molar-refractivity contribution in [3.63, 3.8) is 0 Å². The maximum absolute atomic E-state index is 13.3. The van der Waals surface area contributed by atoms with Gasteiger partial charge in [0.05, 0.1) is 5.69 Å². The topological polar surface area (TPSA) is 71.4 Å². The second-order valence-electron chi connectivity index (χ2n) is 8.26. The van der Waals surface area contributed by atoms with E-state index in [1.54, 1.807) is 36.4 Å². The first-order chi connectivity index (χ1) is 16.8. The summed E-state index contributed by atoms with van der Waals surface area (Å²) >= 11 is 12.4. The van der Waals surface area contributed by atoms with Crippen LogP contribution in [0.4, 0.5) is 10.5 Å². The van der Waals surface area contributed by atoms with Gasteiger partial charge >= 0.3 is 6.03 Å². The van der Waals surface area contributed by atoms with Gasteiger partial charge in [-0.2, -0.15) is 0 Å². The van der Waals surface area contributed by atoms with Crippen LogP contribution in [-0.4, -0.2) is 22.4 Å². The normalized spacial score (nSPS) is 15.2. The molecule has 4 amide bonds. The standard InChI is InChI=1S/C27H19Cl2N3O3/c1-16-6-10-20(11-7-16)32-26(34)22(25(33)30-27(32)35)12-18-15-31(24-5-3-2-4-21(18)24)14-17-8-9-19(28)13-23(17)29/h2-13,15H,14H2,1H3,(H,30,33,35)/b22-12+. The fourth-order valence-corrected chi connectivity index (χ4v) is 4.56. The second kappa shape index (κ2) is 9.06. The lowest BCUT2D eigenvalue weighted by Crippen LogP contribution is -2.54. The number of barbiturate groups is 1. The molecule has 1 fully saturated rings. The average Bonchev–Trinajstić information content (AvgIpc) is 3.17. The lowest BCUT2D eigenvalue weighted by Gasteiger charge is -2.26. The second-order valence-corrected chi connectivity index (χ2v) is 9.10. The maximum Gasteiger partial charge on any atom is 0.335 e. The van der Waals surface area contributed by atoms with E-state index in [0.717, 1.165) is 26.9 Å². The lowest BCUT2D eigenvalue weighted by atomic mass is 10.1. The summed E-state index contributed by atoms with van der Waals surface area (Å²) in [7, 11) is 0. The molecule has 35 heavy (non-hydrogen) atoms. The van der Waals surface area contributed by atoms with E-state index in [-0.39, 0.29) is 5.57 Å². The van der Waals surface area contributed by atoms with Crippen molar-refractivity contribution < 1.29 is 14.4 Å². The van der Waals surface area contributed by atoms with E-state index in [4.69, 9.17) is 23.2 Å². The number of carbonyl (C=O) groups excluding carboxylic acids is 3. The van der Waals surface area contributed by atoms with Gasteiger partial charge in [-0.15, -0.1) is 0 Å². The van der Waals surface area contributed by atoms with Crippen LogP contribution in [-0.2, 0) is 16.1 Å². The van der Waals surface area contributed by atoms with Gasteiger partial charge in [0.15, 0.2) is 0 Å². The Morgan fingerprint density at radius 1 is 0.943 bits per heavy atom. The number of imide groups is 2. The van der Waals surface area contributed by atoms with E-state index in [0.29, 0.717) is 27.8 Å². The number of urea groups is 1. The fourth-order valence-electron chi connectivity index (χ4n) is 4.10. The zero-order valence-electron chi connectivity index (χ0n) is 18.6. The number of benzene rings is 3. The molecule has 0 bridgehead atoms. The smallest absolute Gasteiger partial charge is 0.335 e. The predicted molar refractivity (Wildman–Crippen MR) is 138 cm³/mol.